The molecule has 0 aromatic heterocycles. The molecule has 1 rings (SSSR count). The molecule has 82 valence electrons. The van der Waals surface area contributed by atoms with E-state index in [-0.39, 0.29) is 0 Å². The second-order valence-corrected chi connectivity index (χ2v) is 3.60. The fraction of sp³-hybridized carbons (Fsp3) is 0.364. The van der Waals surface area contributed by atoms with Gasteiger partial charge in [-0.05, 0) is 42.1 Å². The summed E-state index contributed by atoms with van der Waals surface area (Å²) >= 11 is 5.15. The summed E-state index contributed by atoms with van der Waals surface area (Å²) in [7, 11) is 1.65. The van der Waals surface area contributed by atoms with Crippen LogP contribution < -0.4 is 10.1 Å². The average molecular weight is 228 g/mol. The Balaban J connectivity index is 2.55. The Bertz CT molecular complexity index is 352. The highest BCUT2D eigenvalue weighted by Gasteiger charge is 2.00. The van der Waals surface area contributed by atoms with Crippen molar-refractivity contribution in [3.05, 3.63) is 29.3 Å². The summed E-state index contributed by atoms with van der Waals surface area (Å²) in [5, 5.41) is 2.02. The van der Waals surface area contributed by atoms with Crippen molar-refractivity contribution < 1.29 is 9.53 Å². The van der Waals surface area contributed by atoms with E-state index in [4.69, 9.17) is 16.3 Å². The second-order valence-electron chi connectivity index (χ2n) is 3.25. The number of hydrogen-bond acceptors (Lipinski definition) is 2. The van der Waals surface area contributed by atoms with Crippen molar-refractivity contribution in [3.8, 4) is 5.75 Å². The van der Waals surface area contributed by atoms with Crippen molar-refractivity contribution in [1.29, 1.82) is 0 Å². The van der Waals surface area contributed by atoms with Gasteiger partial charge in [-0.1, -0.05) is 12.1 Å². The highest BCUT2D eigenvalue weighted by molar-refractivity contribution is 6.62. The molecule has 0 fully saturated rings. The number of ether oxygens (including phenoxy) is 1. The smallest absolute Gasteiger partial charge is 0.313 e. The van der Waals surface area contributed by atoms with Crippen molar-refractivity contribution in [3.63, 3.8) is 0 Å². The summed E-state index contributed by atoms with van der Waals surface area (Å²) in [4.78, 5) is 10.4. The number of carbonyl (C=O) groups excluding carboxylic acids is 1. The minimum absolute atomic E-state index is 0.514. The zero-order valence-electron chi connectivity index (χ0n) is 8.84. The van der Waals surface area contributed by atoms with Gasteiger partial charge in [0.1, 0.15) is 5.75 Å². The van der Waals surface area contributed by atoms with Gasteiger partial charge in [0.05, 0.1) is 7.11 Å². The molecular weight excluding hydrogens is 214 g/mol. The normalized spacial score (nSPS) is 9.80. The molecule has 1 aromatic rings. The summed E-state index contributed by atoms with van der Waals surface area (Å²) in [6.45, 7) is 2.54. The van der Waals surface area contributed by atoms with Crippen LogP contribution in [0.5, 0.6) is 5.75 Å². The summed E-state index contributed by atoms with van der Waals surface area (Å²) in [6, 6.07) is 5.94. The van der Waals surface area contributed by atoms with Gasteiger partial charge in [-0.2, -0.15) is 0 Å². The van der Waals surface area contributed by atoms with E-state index >= 15 is 0 Å². The van der Waals surface area contributed by atoms with Crippen LogP contribution in [0.25, 0.3) is 0 Å². The molecule has 0 radical (unpaired) electrons. The maximum atomic E-state index is 10.4. The lowest BCUT2D eigenvalue weighted by molar-refractivity contribution is 0.260. The standard InChI is InChI=1S/C11H14ClNO2/c1-8-7-9(3-4-10(8)15-2)5-6-13-11(12)14/h3-4,7H,5-6H2,1-2H3,(H,13,14). The van der Waals surface area contributed by atoms with Crippen LogP contribution in [0.4, 0.5) is 4.79 Å². The number of nitrogens with one attached hydrogen (secondary N) is 1. The van der Waals surface area contributed by atoms with Crippen LogP contribution in [0.1, 0.15) is 11.1 Å². The van der Waals surface area contributed by atoms with E-state index in [1.165, 1.54) is 0 Å². The van der Waals surface area contributed by atoms with Gasteiger partial charge in [0.25, 0.3) is 0 Å². The number of benzene rings is 1. The molecule has 0 bridgehead atoms. The van der Waals surface area contributed by atoms with Crippen LogP contribution in [-0.2, 0) is 6.42 Å². The lowest BCUT2D eigenvalue weighted by Gasteiger charge is -2.07. The predicted octanol–water partition coefficient (Wildman–Crippen LogP) is 2.49. The molecule has 0 saturated carbocycles. The van der Waals surface area contributed by atoms with Crippen LogP contribution in [-0.4, -0.2) is 19.0 Å². The third-order valence-electron chi connectivity index (χ3n) is 2.14. The van der Waals surface area contributed by atoms with E-state index in [0.717, 1.165) is 23.3 Å². The van der Waals surface area contributed by atoms with Crippen LogP contribution in [0.15, 0.2) is 18.2 Å². The van der Waals surface area contributed by atoms with Gasteiger partial charge in [-0.25, -0.2) is 0 Å². The van der Waals surface area contributed by atoms with Crippen LogP contribution in [0, 0.1) is 6.92 Å². The fourth-order valence-electron chi connectivity index (χ4n) is 1.40. The van der Waals surface area contributed by atoms with Gasteiger partial charge >= 0.3 is 5.37 Å². The van der Waals surface area contributed by atoms with E-state index in [2.05, 4.69) is 5.32 Å². The number of methoxy groups -OCH3 is 1. The van der Waals surface area contributed by atoms with E-state index in [1.54, 1.807) is 7.11 Å². The molecule has 0 aliphatic rings. The van der Waals surface area contributed by atoms with Crippen LogP contribution in [0.3, 0.4) is 0 Å². The quantitative estimate of drug-likeness (QED) is 0.634. The summed E-state index contributed by atoms with van der Waals surface area (Å²) in [6.07, 6.45) is 0.767. The van der Waals surface area contributed by atoms with Crippen LogP contribution >= 0.6 is 11.6 Å². The van der Waals surface area contributed by atoms with E-state index in [1.807, 2.05) is 25.1 Å². The molecular formula is C11H14ClNO2. The Hall–Kier alpha value is -1.22. The number of amides is 1. The van der Waals surface area contributed by atoms with E-state index < -0.39 is 5.37 Å². The Morgan fingerprint density at radius 1 is 1.53 bits per heavy atom. The first-order valence-corrected chi connectivity index (χ1v) is 5.08. The van der Waals surface area contributed by atoms with Gasteiger partial charge in [0, 0.05) is 6.54 Å². The predicted molar refractivity (Wildman–Crippen MR) is 60.7 cm³/mol. The first-order chi connectivity index (χ1) is 7.13. The van der Waals surface area contributed by atoms with Gasteiger partial charge < -0.3 is 10.1 Å². The third-order valence-corrected chi connectivity index (χ3v) is 2.27. The molecule has 4 heteroatoms. The monoisotopic (exact) mass is 227 g/mol. The molecule has 3 nitrogen and oxygen atoms in total. The number of hydrogen-bond donors (Lipinski definition) is 1. The number of halogens is 1. The zero-order chi connectivity index (χ0) is 11.3. The summed E-state index contributed by atoms with van der Waals surface area (Å²) < 4.78 is 5.15. The maximum absolute atomic E-state index is 10.4. The molecule has 0 aliphatic carbocycles. The number of rotatable bonds is 4. The third kappa shape index (κ3) is 3.80. The first kappa shape index (κ1) is 11.9. The molecule has 0 atom stereocenters. The Morgan fingerprint density at radius 3 is 2.80 bits per heavy atom. The largest absolute Gasteiger partial charge is 0.496 e. The minimum atomic E-state index is -0.514. The van der Waals surface area contributed by atoms with Crippen molar-refractivity contribution >= 4 is 17.0 Å². The van der Waals surface area contributed by atoms with Crippen molar-refractivity contribution in [2.45, 2.75) is 13.3 Å². The van der Waals surface area contributed by atoms with Crippen molar-refractivity contribution in [1.82, 2.24) is 5.32 Å². The summed E-state index contributed by atoms with van der Waals surface area (Å²) in [5.74, 6) is 0.875. The van der Waals surface area contributed by atoms with Crippen molar-refractivity contribution in [2.75, 3.05) is 13.7 Å². The zero-order valence-corrected chi connectivity index (χ0v) is 9.60. The van der Waals surface area contributed by atoms with Gasteiger partial charge in [0.15, 0.2) is 0 Å². The van der Waals surface area contributed by atoms with Gasteiger partial charge in [-0.15, -0.1) is 0 Å². The van der Waals surface area contributed by atoms with Gasteiger partial charge in [0.2, 0.25) is 0 Å². The minimum Gasteiger partial charge on any atom is -0.496 e. The lowest BCUT2D eigenvalue weighted by atomic mass is 10.1. The van der Waals surface area contributed by atoms with Crippen molar-refractivity contribution in [2.24, 2.45) is 0 Å². The molecule has 1 aromatic carbocycles. The summed E-state index contributed by atoms with van der Waals surface area (Å²) in [5.41, 5.74) is 2.24. The highest BCUT2D eigenvalue weighted by Crippen LogP contribution is 2.18. The number of aryl methyl sites for hydroxylation is 1. The molecule has 0 saturated heterocycles. The Kier molecular flexibility index (Phi) is 4.43. The van der Waals surface area contributed by atoms with Gasteiger partial charge in [-0.3, -0.25) is 4.79 Å². The fourth-order valence-corrected chi connectivity index (χ4v) is 1.50. The van der Waals surface area contributed by atoms with E-state index in [9.17, 15) is 4.79 Å². The topological polar surface area (TPSA) is 38.3 Å². The molecule has 1 N–H and O–H groups in total. The van der Waals surface area contributed by atoms with Crippen LogP contribution in [0.2, 0.25) is 0 Å². The SMILES string of the molecule is COc1ccc(CCNC(=O)Cl)cc1C. The molecule has 15 heavy (non-hydrogen) atoms. The molecule has 0 spiro atoms. The first-order valence-electron chi connectivity index (χ1n) is 4.70. The maximum Gasteiger partial charge on any atom is 0.313 e. The molecule has 1 amide bonds. The average Bonchev–Trinajstić information content (AvgIpc) is 2.17. The Labute approximate surface area is 94.4 Å². The Morgan fingerprint density at radius 2 is 2.27 bits per heavy atom. The molecule has 0 aliphatic heterocycles. The number of carbonyl (C=O) groups is 1. The second kappa shape index (κ2) is 5.61. The molecule has 0 heterocycles. The lowest BCUT2D eigenvalue weighted by Crippen LogP contribution is -2.19. The highest BCUT2D eigenvalue weighted by atomic mass is 35.5. The van der Waals surface area contributed by atoms with E-state index in [0.29, 0.717) is 6.54 Å². The molecule has 0 unspecified atom stereocenters.